The van der Waals surface area contributed by atoms with Crippen LogP contribution in [0.5, 0.6) is 5.88 Å². The molecule has 3 N–H and O–H groups in total. The third kappa shape index (κ3) is 13.3. The molecule has 0 fully saturated rings. The standard InChI is InChI=1S/C22H42N4O/c1-3-5-6-7-8-9-10-11-12-13-14-15-16-17-24-20-19-21(27-18-4-2)26-22(23)25-20/h19H,3-18H2,1-2H3,(H3,23,24,25,26). The normalized spacial score (nSPS) is 10.9. The van der Waals surface area contributed by atoms with Crippen molar-refractivity contribution in [2.75, 3.05) is 24.2 Å². The monoisotopic (exact) mass is 378 g/mol. The molecule has 0 aliphatic rings. The van der Waals surface area contributed by atoms with Gasteiger partial charge in [0.2, 0.25) is 11.8 Å². The lowest BCUT2D eigenvalue weighted by Gasteiger charge is -2.09. The topological polar surface area (TPSA) is 73.1 Å². The predicted octanol–water partition coefficient (Wildman–Crippen LogP) is 6.35. The van der Waals surface area contributed by atoms with Gasteiger partial charge in [-0.05, 0) is 12.8 Å². The van der Waals surface area contributed by atoms with Gasteiger partial charge in [-0.15, -0.1) is 0 Å². The largest absolute Gasteiger partial charge is 0.477 e. The van der Waals surface area contributed by atoms with Gasteiger partial charge >= 0.3 is 0 Å². The Hall–Kier alpha value is -1.52. The van der Waals surface area contributed by atoms with Gasteiger partial charge in [0, 0.05) is 12.6 Å². The van der Waals surface area contributed by atoms with Gasteiger partial charge in [-0.25, -0.2) is 0 Å². The summed E-state index contributed by atoms with van der Waals surface area (Å²) in [6.07, 6.45) is 18.8. The Balaban J connectivity index is 1.95. The van der Waals surface area contributed by atoms with E-state index < -0.39 is 0 Å². The second-order valence-corrected chi connectivity index (χ2v) is 7.47. The first-order valence-corrected chi connectivity index (χ1v) is 11.3. The number of nitrogens with two attached hydrogens (primary N) is 1. The molecule has 1 aromatic rings. The van der Waals surface area contributed by atoms with Crippen molar-refractivity contribution < 1.29 is 4.74 Å². The van der Waals surface area contributed by atoms with Crippen LogP contribution in [0, 0.1) is 0 Å². The average molecular weight is 379 g/mol. The van der Waals surface area contributed by atoms with Crippen LogP contribution < -0.4 is 15.8 Å². The second-order valence-electron chi connectivity index (χ2n) is 7.47. The van der Waals surface area contributed by atoms with Crippen LogP contribution in [0.15, 0.2) is 6.07 Å². The maximum absolute atomic E-state index is 5.74. The number of nitrogens with zero attached hydrogens (tertiary/aromatic N) is 2. The number of nitrogens with one attached hydrogen (secondary N) is 1. The van der Waals surface area contributed by atoms with Gasteiger partial charge in [0.1, 0.15) is 5.82 Å². The van der Waals surface area contributed by atoms with Crippen LogP contribution in [0.4, 0.5) is 11.8 Å². The van der Waals surface area contributed by atoms with E-state index in [0.717, 1.165) is 25.2 Å². The molecule has 5 nitrogen and oxygen atoms in total. The summed E-state index contributed by atoms with van der Waals surface area (Å²) >= 11 is 0. The Labute approximate surface area is 166 Å². The van der Waals surface area contributed by atoms with Gasteiger partial charge < -0.3 is 15.8 Å². The van der Waals surface area contributed by atoms with Crippen LogP contribution in [0.3, 0.4) is 0 Å². The lowest BCUT2D eigenvalue weighted by atomic mass is 10.0. The fraction of sp³-hybridized carbons (Fsp3) is 0.818. The molecule has 0 saturated heterocycles. The van der Waals surface area contributed by atoms with Crippen LogP contribution in [-0.4, -0.2) is 23.1 Å². The fourth-order valence-corrected chi connectivity index (χ4v) is 3.17. The number of nitrogen functional groups attached to an aromatic ring is 1. The van der Waals surface area contributed by atoms with Crippen LogP contribution in [0.1, 0.15) is 104 Å². The molecule has 1 heterocycles. The van der Waals surface area contributed by atoms with Crippen LogP contribution in [0.2, 0.25) is 0 Å². The van der Waals surface area contributed by atoms with Crippen molar-refractivity contribution in [1.82, 2.24) is 9.97 Å². The molecule has 156 valence electrons. The second kappa shape index (κ2) is 16.6. The van der Waals surface area contributed by atoms with E-state index >= 15 is 0 Å². The number of anilines is 2. The minimum Gasteiger partial charge on any atom is -0.477 e. The summed E-state index contributed by atoms with van der Waals surface area (Å²) in [5.41, 5.74) is 5.74. The maximum atomic E-state index is 5.74. The van der Waals surface area contributed by atoms with Gasteiger partial charge in [-0.1, -0.05) is 90.9 Å². The zero-order chi connectivity index (χ0) is 19.6. The van der Waals surface area contributed by atoms with Crippen molar-refractivity contribution in [3.63, 3.8) is 0 Å². The lowest BCUT2D eigenvalue weighted by molar-refractivity contribution is 0.305. The minimum atomic E-state index is 0.261. The van der Waals surface area contributed by atoms with E-state index in [2.05, 4.69) is 29.1 Å². The first-order chi connectivity index (χ1) is 13.3. The molecule has 0 amide bonds. The number of ether oxygens (including phenoxy) is 1. The zero-order valence-electron chi connectivity index (χ0n) is 17.8. The third-order valence-electron chi connectivity index (χ3n) is 4.76. The number of unbranched alkanes of at least 4 members (excludes halogenated alkanes) is 12. The Morgan fingerprint density at radius 1 is 0.778 bits per heavy atom. The molecule has 5 heteroatoms. The van der Waals surface area contributed by atoms with Crippen LogP contribution in [-0.2, 0) is 0 Å². The van der Waals surface area contributed by atoms with Crippen molar-refractivity contribution >= 4 is 11.8 Å². The Morgan fingerprint density at radius 3 is 1.89 bits per heavy atom. The lowest BCUT2D eigenvalue weighted by Crippen LogP contribution is -2.07. The average Bonchev–Trinajstić information content (AvgIpc) is 2.66. The summed E-state index contributed by atoms with van der Waals surface area (Å²) in [4.78, 5) is 8.31. The molecule has 0 bridgehead atoms. The van der Waals surface area contributed by atoms with E-state index in [1.54, 1.807) is 0 Å². The predicted molar refractivity (Wildman–Crippen MR) is 116 cm³/mol. The van der Waals surface area contributed by atoms with Crippen LogP contribution in [0.25, 0.3) is 0 Å². The molecule has 0 spiro atoms. The number of aromatic nitrogens is 2. The Morgan fingerprint density at radius 2 is 1.33 bits per heavy atom. The van der Waals surface area contributed by atoms with E-state index in [4.69, 9.17) is 10.5 Å². The molecular formula is C22H42N4O. The van der Waals surface area contributed by atoms with E-state index in [1.165, 1.54) is 77.0 Å². The summed E-state index contributed by atoms with van der Waals surface area (Å²) in [5.74, 6) is 1.57. The molecule has 27 heavy (non-hydrogen) atoms. The van der Waals surface area contributed by atoms with Gasteiger partial charge in [0.25, 0.3) is 0 Å². The maximum Gasteiger partial charge on any atom is 0.225 e. The summed E-state index contributed by atoms with van der Waals surface area (Å²) in [6.45, 7) is 5.91. The highest BCUT2D eigenvalue weighted by atomic mass is 16.5. The summed E-state index contributed by atoms with van der Waals surface area (Å²) < 4.78 is 5.53. The zero-order valence-corrected chi connectivity index (χ0v) is 17.8. The van der Waals surface area contributed by atoms with Gasteiger partial charge in [-0.3, -0.25) is 0 Å². The van der Waals surface area contributed by atoms with E-state index in [1.807, 2.05) is 6.07 Å². The molecule has 0 unspecified atom stereocenters. The highest BCUT2D eigenvalue weighted by molar-refractivity contribution is 5.42. The fourth-order valence-electron chi connectivity index (χ4n) is 3.17. The first-order valence-electron chi connectivity index (χ1n) is 11.3. The summed E-state index contributed by atoms with van der Waals surface area (Å²) in [7, 11) is 0. The van der Waals surface area contributed by atoms with Crippen molar-refractivity contribution in [1.29, 1.82) is 0 Å². The minimum absolute atomic E-state index is 0.261. The van der Waals surface area contributed by atoms with Gasteiger partial charge in [-0.2, -0.15) is 9.97 Å². The van der Waals surface area contributed by atoms with Gasteiger partial charge in [0.05, 0.1) is 6.61 Å². The van der Waals surface area contributed by atoms with E-state index in [9.17, 15) is 0 Å². The van der Waals surface area contributed by atoms with Gasteiger partial charge in [0.15, 0.2) is 0 Å². The molecule has 0 saturated carbocycles. The summed E-state index contributed by atoms with van der Waals surface area (Å²) in [6, 6.07) is 1.83. The smallest absolute Gasteiger partial charge is 0.225 e. The van der Waals surface area contributed by atoms with Crippen LogP contribution >= 0.6 is 0 Å². The van der Waals surface area contributed by atoms with E-state index in [0.29, 0.717) is 12.5 Å². The number of rotatable bonds is 18. The Bertz CT molecular complexity index is 468. The summed E-state index contributed by atoms with van der Waals surface area (Å²) in [5, 5.41) is 3.33. The molecule has 0 radical (unpaired) electrons. The Kier molecular flexibility index (Phi) is 14.5. The first kappa shape index (κ1) is 23.5. The quantitative estimate of drug-likeness (QED) is 0.291. The molecular weight excluding hydrogens is 336 g/mol. The van der Waals surface area contributed by atoms with Crippen molar-refractivity contribution in [2.45, 2.75) is 104 Å². The SMILES string of the molecule is CCCCCCCCCCCCCCCNc1cc(OCCC)nc(N)n1. The van der Waals surface area contributed by atoms with Crippen molar-refractivity contribution in [2.24, 2.45) is 0 Å². The molecule has 1 rings (SSSR count). The molecule has 0 aliphatic heterocycles. The third-order valence-corrected chi connectivity index (χ3v) is 4.76. The highest BCUT2D eigenvalue weighted by Gasteiger charge is 2.03. The molecule has 0 aliphatic carbocycles. The van der Waals surface area contributed by atoms with E-state index in [-0.39, 0.29) is 5.95 Å². The molecule has 0 aromatic carbocycles. The van der Waals surface area contributed by atoms with Crippen molar-refractivity contribution in [3.05, 3.63) is 6.07 Å². The highest BCUT2D eigenvalue weighted by Crippen LogP contribution is 2.16. The molecule has 1 aromatic heterocycles. The number of hydrogen-bond acceptors (Lipinski definition) is 5. The van der Waals surface area contributed by atoms with Crippen molar-refractivity contribution in [3.8, 4) is 5.88 Å². The molecule has 0 atom stereocenters. The number of hydrogen-bond donors (Lipinski definition) is 2.